The van der Waals surface area contributed by atoms with E-state index in [-0.39, 0.29) is 0 Å². The van der Waals surface area contributed by atoms with E-state index < -0.39 is 0 Å². The molecule has 0 aliphatic rings. The van der Waals surface area contributed by atoms with Gasteiger partial charge >= 0.3 is 0 Å². The molecule has 2 heterocycles. The van der Waals surface area contributed by atoms with Crippen LogP contribution in [0.2, 0.25) is 0 Å². The third-order valence-corrected chi connectivity index (χ3v) is 3.49. The van der Waals surface area contributed by atoms with E-state index in [4.69, 9.17) is 0 Å². The zero-order chi connectivity index (χ0) is 13.1. The molecule has 2 aromatic rings. The van der Waals surface area contributed by atoms with Gasteiger partial charge in [0.1, 0.15) is 5.82 Å². The van der Waals surface area contributed by atoms with Gasteiger partial charge < -0.3 is 4.90 Å². The van der Waals surface area contributed by atoms with Gasteiger partial charge in [-0.05, 0) is 19.1 Å². The van der Waals surface area contributed by atoms with E-state index in [1.807, 2.05) is 43.0 Å². The van der Waals surface area contributed by atoms with Gasteiger partial charge in [-0.25, -0.2) is 0 Å². The van der Waals surface area contributed by atoms with Crippen LogP contribution in [-0.4, -0.2) is 21.8 Å². The first kappa shape index (κ1) is 13.1. The summed E-state index contributed by atoms with van der Waals surface area (Å²) in [7, 11) is 4.04. The maximum atomic E-state index is 4.47. The molecule has 2 rings (SSSR count). The van der Waals surface area contributed by atoms with Crippen LogP contribution in [-0.2, 0) is 18.9 Å². The SMILES string of the molecule is Cc1nn(C)c(N(C)Cc2ccccn2)c1CBr. The Morgan fingerprint density at radius 1 is 1.39 bits per heavy atom. The molecule has 18 heavy (non-hydrogen) atoms. The number of anilines is 1. The number of alkyl halides is 1. The second kappa shape index (κ2) is 5.52. The zero-order valence-electron chi connectivity index (χ0n) is 10.9. The van der Waals surface area contributed by atoms with Crippen molar-refractivity contribution in [3.05, 3.63) is 41.3 Å². The highest BCUT2D eigenvalue weighted by Crippen LogP contribution is 2.25. The summed E-state index contributed by atoms with van der Waals surface area (Å²) in [5.74, 6) is 1.13. The van der Waals surface area contributed by atoms with Crippen LogP contribution in [0.5, 0.6) is 0 Å². The maximum absolute atomic E-state index is 4.47. The van der Waals surface area contributed by atoms with Gasteiger partial charge in [0.15, 0.2) is 0 Å². The van der Waals surface area contributed by atoms with Gasteiger partial charge in [-0.15, -0.1) is 0 Å². The topological polar surface area (TPSA) is 34.0 Å². The standard InChI is InChI=1S/C13H17BrN4/c1-10-12(8-14)13(18(3)16-10)17(2)9-11-6-4-5-7-15-11/h4-7H,8-9H2,1-3H3. The Bertz CT molecular complexity index is 521. The van der Waals surface area contributed by atoms with Gasteiger partial charge in [-0.2, -0.15) is 5.10 Å². The minimum Gasteiger partial charge on any atom is -0.354 e. The molecule has 0 N–H and O–H groups in total. The fourth-order valence-electron chi connectivity index (χ4n) is 2.13. The monoisotopic (exact) mass is 308 g/mol. The first-order valence-corrected chi connectivity index (χ1v) is 6.95. The summed E-state index contributed by atoms with van der Waals surface area (Å²) >= 11 is 3.53. The first-order chi connectivity index (χ1) is 8.63. The lowest BCUT2D eigenvalue weighted by molar-refractivity contribution is 0.722. The van der Waals surface area contributed by atoms with Crippen molar-refractivity contribution in [3.63, 3.8) is 0 Å². The van der Waals surface area contributed by atoms with Crippen molar-refractivity contribution < 1.29 is 0 Å². The Morgan fingerprint density at radius 2 is 2.17 bits per heavy atom. The van der Waals surface area contributed by atoms with E-state index in [2.05, 4.69) is 38.0 Å². The van der Waals surface area contributed by atoms with Gasteiger partial charge in [-0.3, -0.25) is 9.67 Å². The Labute approximate surface area is 116 Å². The third-order valence-electron chi connectivity index (χ3n) is 2.93. The number of hydrogen-bond acceptors (Lipinski definition) is 3. The van der Waals surface area contributed by atoms with E-state index >= 15 is 0 Å². The summed E-state index contributed by atoms with van der Waals surface area (Å²) in [4.78, 5) is 6.53. The molecule has 4 nitrogen and oxygen atoms in total. The van der Waals surface area contributed by atoms with Gasteiger partial charge in [0.2, 0.25) is 0 Å². The fraction of sp³-hybridized carbons (Fsp3) is 0.385. The number of nitrogens with zero attached hydrogens (tertiary/aromatic N) is 4. The molecule has 0 amide bonds. The third kappa shape index (κ3) is 2.56. The highest BCUT2D eigenvalue weighted by molar-refractivity contribution is 9.08. The van der Waals surface area contributed by atoms with E-state index in [9.17, 15) is 0 Å². The fourth-order valence-corrected chi connectivity index (χ4v) is 2.79. The van der Waals surface area contributed by atoms with Crippen molar-refractivity contribution in [1.29, 1.82) is 0 Å². The Hall–Kier alpha value is -1.36. The molecule has 0 aliphatic carbocycles. The Morgan fingerprint density at radius 3 is 2.78 bits per heavy atom. The van der Waals surface area contributed by atoms with Crippen LogP contribution < -0.4 is 4.90 Å². The Kier molecular flexibility index (Phi) is 4.01. The molecule has 0 radical (unpaired) electrons. The van der Waals surface area contributed by atoms with Crippen LogP contribution in [0.4, 0.5) is 5.82 Å². The number of rotatable bonds is 4. The highest BCUT2D eigenvalue weighted by atomic mass is 79.9. The first-order valence-electron chi connectivity index (χ1n) is 5.83. The molecule has 0 atom stereocenters. The van der Waals surface area contributed by atoms with Crippen LogP contribution in [0.3, 0.4) is 0 Å². The maximum Gasteiger partial charge on any atom is 0.130 e. The van der Waals surface area contributed by atoms with Gasteiger partial charge in [-0.1, -0.05) is 22.0 Å². The average molecular weight is 309 g/mol. The van der Waals surface area contributed by atoms with Gasteiger partial charge in [0.05, 0.1) is 17.9 Å². The molecule has 0 saturated heterocycles. The van der Waals surface area contributed by atoms with Crippen molar-refractivity contribution in [1.82, 2.24) is 14.8 Å². The molecule has 0 bridgehead atoms. The number of aromatic nitrogens is 3. The second-order valence-corrected chi connectivity index (χ2v) is 4.88. The van der Waals surface area contributed by atoms with Crippen molar-refractivity contribution in [2.24, 2.45) is 7.05 Å². The molecular weight excluding hydrogens is 292 g/mol. The number of aryl methyl sites for hydroxylation is 2. The van der Waals surface area contributed by atoms with Crippen LogP contribution >= 0.6 is 15.9 Å². The summed E-state index contributed by atoms with van der Waals surface area (Å²) in [6.45, 7) is 2.81. The van der Waals surface area contributed by atoms with E-state index in [0.29, 0.717) is 0 Å². The second-order valence-electron chi connectivity index (χ2n) is 4.32. The van der Waals surface area contributed by atoms with Crippen molar-refractivity contribution in [2.75, 3.05) is 11.9 Å². The molecule has 0 spiro atoms. The van der Waals surface area contributed by atoms with Crippen molar-refractivity contribution >= 4 is 21.7 Å². The highest BCUT2D eigenvalue weighted by Gasteiger charge is 2.16. The zero-order valence-corrected chi connectivity index (χ0v) is 12.5. The largest absolute Gasteiger partial charge is 0.354 e. The minimum absolute atomic E-state index is 0.778. The van der Waals surface area contributed by atoms with Crippen LogP contribution in [0, 0.1) is 6.92 Å². The predicted molar refractivity (Wildman–Crippen MR) is 76.9 cm³/mol. The summed E-state index contributed by atoms with van der Waals surface area (Å²) < 4.78 is 1.93. The Balaban J connectivity index is 2.26. The molecular formula is C13H17BrN4. The predicted octanol–water partition coefficient (Wildman–Crippen LogP) is 2.65. The van der Waals surface area contributed by atoms with Crippen molar-refractivity contribution in [2.45, 2.75) is 18.8 Å². The summed E-state index contributed by atoms with van der Waals surface area (Å²) in [5, 5.41) is 5.28. The van der Waals surface area contributed by atoms with Crippen LogP contribution in [0.1, 0.15) is 17.0 Å². The number of pyridine rings is 1. The molecule has 0 aliphatic heterocycles. The molecule has 2 aromatic heterocycles. The molecule has 96 valence electrons. The molecule has 0 aromatic carbocycles. The minimum atomic E-state index is 0.778. The van der Waals surface area contributed by atoms with E-state index in [1.54, 1.807) is 0 Å². The lowest BCUT2D eigenvalue weighted by Crippen LogP contribution is -2.21. The molecule has 0 unspecified atom stereocenters. The molecule has 5 heteroatoms. The number of hydrogen-bond donors (Lipinski definition) is 0. The van der Waals surface area contributed by atoms with Gasteiger partial charge in [0.25, 0.3) is 0 Å². The van der Waals surface area contributed by atoms with Crippen molar-refractivity contribution in [3.8, 4) is 0 Å². The lowest BCUT2D eigenvalue weighted by atomic mass is 10.2. The summed E-state index contributed by atoms with van der Waals surface area (Å²) in [5.41, 5.74) is 3.35. The average Bonchev–Trinajstić information content (AvgIpc) is 2.64. The number of halogens is 1. The van der Waals surface area contributed by atoms with E-state index in [1.165, 1.54) is 5.56 Å². The van der Waals surface area contributed by atoms with Crippen LogP contribution in [0.25, 0.3) is 0 Å². The van der Waals surface area contributed by atoms with E-state index in [0.717, 1.165) is 29.1 Å². The molecule has 0 saturated carbocycles. The smallest absolute Gasteiger partial charge is 0.130 e. The summed E-state index contributed by atoms with van der Waals surface area (Å²) in [6.07, 6.45) is 1.82. The van der Waals surface area contributed by atoms with Gasteiger partial charge in [0, 0.05) is 31.2 Å². The normalized spacial score (nSPS) is 10.7. The summed E-state index contributed by atoms with van der Waals surface area (Å²) in [6, 6.07) is 5.98. The molecule has 0 fully saturated rings. The van der Waals surface area contributed by atoms with Crippen LogP contribution in [0.15, 0.2) is 24.4 Å². The quantitative estimate of drug-likeness (QED) is 0.814. The lowest BCUT2D eigenvalue weighted by Gasteiger charge is -2.20.